The lowest BCUT2D eigenvalue weighted by atomic mass is 10.2. The average molecular weight is 238 g/mol. The summed E-state index contributed by atoms with van der Waals surface area (Å²) in [4.78, 5) is 0. The Morgan fingerprint density at radius 2 is 2.12 bits per heavy atom. The van der Waals surface area contributed by atoms with Crippen molar-refractivity contribution in [1.82, 2.24) is 5.32 Å². The highest BCUT2D eigenvalue weighted by Gasteiger charge is 2.02. The molecule has 0 fully saturated rings. The van der Waals surface area contributed by atoms with E-state index in [2.05, 4.69) is 5.32 Å². The van der Waals surface area contributed by atoms with Crippen LogP contribution in [0.2, 0.25) is 5.02 Å². The van der Waals surface area contributed by atoms with E-state index in [4.69, 9.17) is 16.0 Å². The molecule has 0 aliphatic heterocycles. The number of hydrogen-bond donors (Lipinski definition) is 2. The first-order valence-corrected chi connectivity index (χ1v) is 5.34. The lowest BCUT2D eigenvalue weighted by Crippen LogP contribution is -2.12. The lowest BCUT2D eigenvalue weighted by Gasteiger charge is -2.06. The van der Waals surface area contributed by atoms with E-state index in [9.17, 15) is 5.11 Å². The van der Waals surface area contributed by atoms with Crippen LogP contribution in [-0.4, -0.2) is 5.11 Å². The number of nitrogens with one attached hydrogen (secondary N) is 1. The van der Waals surface area contributed by atoms with Gasteiger partial charge in [0.15, 0.2) is 0 Å². The molecule has 0 aliphatic rings. The van der Waals surface area contributed by atoms with Gasteiger partial charge in [-0.05, 0) is 30.3 Å². The largest absolute Gasteiger partial charge is 0.508 e. The van der Waals surface area contributed by atoms with Crippen molar-refractivity contribution in [1.29, 1.82) is 0 Å². The van der Waals surface area contributed by atoms with E-state index in [0.717, 1.165) is 11.3 Å². The maximum absolute atomic E-state index is 9.57. The zero-order valence-electron chi connectivity index (χ0n) is 8.61. The van der Waals surface area contributed by atoms with Gasteiger partial charge >= 0.3 is 0 Å². The number of benzene rings is 1. The summed E-state index contributed by atoms with van der Waals surface area (Å²) in [5, 5.41) is 13.3. The highest BCUT2D eigenvalue weighted by Crippen LogP contribution is 2.21. The number of phenolic OH excluding ortho intramolecular Hbond substituents is 1. The average Bonchev–Trinajstić information content (AvgIpc) is 2.76. The fourth-order valence-electron chi connectivity index (χ4n) is 1.43. The van der Waals surface area contributed by atoms with Gasteiger partial charge in [-0.25, -0.2) is 0 Å². The van der Waals surface area contributed by atoms with Crippen LogP contribution in [0, 0.1) is 0 Å². The second-order valence-electron chi connectivity index (χ2n) is 3.46. The Morgan fingerprint density at radius 1 is 1.25 bits per heavy atom. The Kier molecular flexibility index (Phi) is 3.49. The predicted octanol–water partition coefficient (Wildman–Crippen LogP) is 2.93. The minimum atomic E-state index is 0.247. The monoisotopic (exact) mass is 237 g/mol. The molecule has 0 amide bonds. The maximum atomic E-state index is 9.57. The third kappa shape index (κ3) is 2.78. The maximum Gasteiger partial charge on any atom is 0.120 e. The molecule has 0 saturated heterocycles. The Bertz CT molecular complexity index is 454. The number of halogens is 1. The zero-order valence-corrected chi connectivity index (χ0v) is 9.37. The van der Waals surface area contributed by atoms with Crippen LogP contribution < -0.4 is 5.32 Å². The van der Waals surface area contributed by atoms with E-state index < -0.39 is 0 Å². The van der Waals surface area contributed by atoms with Gasteiger partial charge in [0.2, 0.25) is 0 Å². The van der Waals surface area contributed by atoms with E-state index in [0.29, 0.717) is 18.1 Å². The Morgan fingerprint density at radius 3 is 2.88 bits per heavy atom. The summed E-state index contributed by atoms with van der Waals surface area (Å²) in [5.74, 6) is 1.11. The summed E-state index contributed by atoms with van der Waals surface area (Å²) >= 11 is 5.84. The fourth-order valence-corrected chi connectivity index (χ4v) is 1.62. The van der Waals surface area contributed by atoms with Gasteiger partial charge in [0.05, 0.1) is 12.8 Å². The van der Waals surface area contributed by atoms with Crippen molar-refractivity contribution in [2.45, 2.75) is 13.1 Å². The molecular formula is C12H12ClNO2. The third-order valence-electron chi connectivity index (χ3n) is 2.24. The molecule has 0 radical (unpaired) electrons. The minimum absolute atomic E-state index is 0.247. The SMILES string of the molecule is Oc1ccc(Cl)cc1CNCc1ccco1. The topological polar surface area (TPSA) is 45.4 Å². The normalized spacial score (nSPS) is 10.6. The Balaban J connectivity index is 1.92. The number of rotatable bonds is 4. The molecule has 1 aromatic carbocycles. The molecule has 4 heteroatoms. The van der Waals surface area contributed by atoms with Crippen molar-refractivity contribution >= 4 is 11.6 Å². The summed E-state index contributed by atoms with van der Waals surface area (Å²) < 4.78 is 5.17. The number of phenols is 1. The molecule has 1 aromatic heterocycles. The molecule has 84 valence electrons. The minimum Gasteiger partial charge on any atom is -0.508 e. The highest BCUT2D eigenvalue weighted by atomic mass is 35.5. The van der Waals surface area contributed by atoms with Gasteiger partial charge < -0.3 is 14.8 Å². The summed E-state index contributed by atoms with van der Waals surface area (Å²) in [7, 11) is 0. The fraction of sp³-hybridized carbons (Fsp3) is 0.167. The van der Waals surface area contributed by atoms with Gasteiger partial charge in [0.1, 0.15) is 11.5 Å². The van der Waals surface area contributed by atoms with E-state index in [1.807, 2.05) is 12.1 Å². The van der Waals surface area contributed by atoms with Gasteiger partial charge in [-0.15, -0.1) is 0 Å². The van der Waals surface area contributed by atoms with Gasteiger partial charge in [-0.2, -0.15) is 0 Å². The molecule has 2 N–H and O–H groups in total. The van der Waals surface area contributed by atoms with Crippen LogP contribution in [0.15, 0.2) is 41.0 Å². The number of hydrogen-bond acceptors (Lipinski definition) is 3. The van der Waals surface area contributed by atoms with Gasteiger partial charge in [0, 0.05) is 17.1 Å². The number of aromatic hydroxyl groups is 1. The summed E-state index contributed by atoms with van der Waals surface area (Å²) in [6, 6.07) is 8.73. The molecule has 16 heavy (non-hydrogen) atoms. The van der Waals surface area contributed by atoms with Crippen molar-refractivity contribution in [3.8, 4) is 5.75 Å². The first kappa shape index (κ1) is 11.0. The Hall–Kier alpha value is -1.45. The van der Waals surface area contributed by atoms with Crippen LogP contribution in [-0.2, 0) is 13.1 Å². The van der Waals surface area contributed by atoms with Gasteiger partial charge in [-0.1, -0.05) is 11.6 Å². The van der Waals surface area contributed by atoms with E-state index in [-0.39, 0.29) is 5.75 Å². The molecule has 2 aromatic rings. The van der Waals surface area contributed by atoms with Crippen LogP contribution in [0.25, 0.3) is 0 Å². The summed E-state index contributed by atoms with van der Waals surface area (Å²) in [6.07, 6.45) is 1.63. The molecular weight excluding hydrogens is 226 g/mol. The number of furan rings is 1. The van der Waals surface area contributed by atoms with Gasteiger partial charge in [-0.3, -0.25) is 0 Å². The van der Waals surface area contributed by atoms with Crippen molar-refractivity contribution in [2.75, 3.05) is 0 Å². The van der Waals surface area contributed by atoms with Crippen molar-refractivity contribution in [2.24, 2.45) is 0 Å². The summed E-state index contributed by atoms with van der Waals surface area (Å²) in [6.45, 7) is 1.17. The van der Waals surface area contributed by atoms with Gasteiger partial charge in [0.25, 0.3) is 0 Å². The molecule has 1 heterocycles. The highest BCUT2D eigenvalue weighted by molar-refractivity contribution is 6.30. The predicted molar refractivity (Wildman–Crippen MR) is 62.4 cm³/mol. The van der Waals surface area contributed by atoms with Crippen molar-refractivity contribution in [3.63, 3.8) is 0 Å². The van der Waals surface area contributed by atoms with Crippen molar-refractivity contribution < 1.29 is 9.52 Å². The molecule has 0 spiro atoms. The molecule has 3 nitrogen and oxygen atoms in total. The lowest BCUT2D eigenvalue weighted by molar-refractivity contribution is 0.456. The molecule has 0 saturated carbocycles. The zero-order chi connectivity index (χ0) is 11.4. The molecule has 2 rings (SSSR count). The van der Waals surface area contributed by atoms with Crippen molar-refractivity contribution in [3.05, 3.63) is 52.9 Å². The standard InChI is InChI=1S/C12H12ClNO2/c13-10-3-4-12(15)9(6-10)7-14-8-11-2-1-5-16-11/h1-6,14-15H,7-8H2. The van der Waals surface area contributed by atoms with Crippen LogP contribution in [0.1, 0.15) is 11.3 Å². The second kappa shape index (κ2) is 5.05. The molecule has 0 aliphatic carbocycles. The van der Waals surface area contributed by atoms with Crippen LogP contribution in [0.5, 0.6) is 5.75 Å². The van der Waals surface area contributed by atoms with E-state index in [1.54, 1.807) is 24.5 Å². The molecule has 0 bridgehead atoms. The Labute approximate surface area is 98.7 Å². The molecule has 0 unspecified atom stereocenters. The van der Waals surface area contributed by atoms with Crippen LogP contribution in [0.3, 0.4) is 0 Å². The molecule has 0 atom stereocenters. The first-order valence-electron chi connectivity index (χ1n) is 4.96. The summed E-state index contributed by atoms with van der Waals surface area (Å²) in [5.41, 5.74) is 0.777. The first-order chi connectivity index (χ1) is 7.75. The van der Waals surface area contributed by atoms with Crippen LogP contribution >= 0.6 is 11.6 Å². The second-order valence-corrected chi connectivity index (χ2v) is 3.89. The quantitative estimate of drug-likeness (QED) is 0.860. The van der Waals surface area contributed by atoms with Crippen LogP contribution in [0.4, 0.5) is 0 Å². The third-order valence-corrected chi connectivity index (χ3v) is 2.47. The smallest absolute Gasteiger partial charge is 0.120 e. The van der Waals surface area contributed by atoms with E-state index >= 15 is 0 Å². The van der Waals surface area contributed by atoms with E-state index in [1.165, 1.54) is 0 Å².